The van der Waals surface area contributed by atoms with E-state index in [1.54, 1.807) is 12.1 Å². The van der Waals surface area contributed by atoms with E-state index < -0.39 is 18.7 Å². The number of halogens is 3. The third-order valence-corrected chi connectivity index (χ3v) is 5.63. The van der Waals surface area contributed by atoms with Gasteiger partial charge in [0, 0.05) is 25.0 Å². The van der Waals surface area contributed by atoms with Crippen LogP contribution in [0.4, 0.5) is 18.0 Å². The van der Waals surface area contributed by atoms with Gasteiger partial charge in [0.25, 0.3) is 0 Å². The third kappa shape index (κ3) is 5.17. The lowest BCUT2D eigenvalue weighted by Crippen LogP contribution is -2.51. The van der Waals surface area contributed by atoms with Crippen molar-refractivity contribution in [1.82, 2.24) is 10.2 Å². The Balaban J connectivity index is 1.48. The molecule has 1 aliphatic heterocycles. The molecule has 0 atom stereocenters. The summed E-state index contributed by atoms with van der Waals surface area (Å²) in [5.41, 5.74) is 1.20. The highest BCUT2D eigenvalue weighted by molar-refractivity contribution is 5.80. The molecule has 8 heteroatoms. The van der Waals surface area contributed by atoms with Crippen LogP contribution in [0.5, 0.6) is 0 Å². The number of amides is 2. The molecule has 1 aromatic carbocycles. The van der Waals surface area contributed by atoms with Crippen LogP contribution < -0.4 is 5.32 Å². The minimum atomic E-state index is -4.21. The van der Waals surface area contributed by atoms with Gasteiger partial charge in [0.05, 0.1) is 13.5 Å². The Morgan fingerprint density at radius 2 is 1.89 bits per heavy atom. The summed E-state index contributed by atoms with van der Waals surface area (Å²) in [5.74, 6) is 0.202. The Labute approximate surface area is 162 Å². The quantitative estimate of drug-likeness (QED) is 0.843. The molecule has 5 nitrogen and oxygen atoms in total. The zero-order valence-electron chi connectivity index (χ0n) is 15.8. The number of carbonyl (C=O) groups is 2. The highest BCUT2D eigenvalue weighted by atomic mass is 19.4. The highest BCUT2D eigenvalue weighted by Gasteiger charge is 2.38. The molecule has 0 radical (unpaired) electrons. The summed E-state index contributed by atoms with van der Waals surface area (Å²) in [6.45, 7) is 1.22. The maximum atomic E-state index is 12.6. The summed E-state index contributed by atoms with van der Waals surface area (Å²) < 4.78 is 42.4. The van der Waals surface area contributed by atoms with E-state index in [1.165, 1.54) is 13.2 Å². The lowest BCUT2D eigenvalue weighted by molar-refractivity contribution is -0.140. The smallest absolute Gasteiger partial charge is 0.407 e. The van der Waals surface area contributed by atoms with E-state index in [2.05, 4.69) is 10.1 Å². The van der Waals surface area contributed by atoms with Crippen molar-refractivity contribution in [2.24, 2.45) is 5.92 Å². The van der Waals surface area contributed by atoms with Gasteiger partial charge in [0.2, 0.25) is 5.91 Å². The number of piperidine rings is 1. The molecule has 1 N–H and O–H groups in total. The molecule has 2 amide bonds. The van der Waals surface area contributed by atoms with Crippen LogP contribution in [-0.2, 0) is 16.0 Å². The van der Waals surface area contributed by atoms with Crippen LogP contribution in [0.3, 0.4) is 0 Å². The van der Waals surface area contributed by atoms with Crippen molar-refractivity contribution >= 4 is 12.0 Å². The number of nitrogens with one attached hydrogen (secondary N) is 1. The van der Waals surface area contributed by atoms with E-state index in [4.69, 9.17) is 0 Å². The number of nitrogens with zero attached hydrogens (tertiary/aromatic N) is 1. The molecule has 1 saturated heterocycles. The first-order valence-corrected chi connectivity index (χ1v) is 9.54. The first kappa shape index (κ1) is 20.5. The molecule has 0 unspecified atom stereocenters. The van der Waals surface area contributed by atoms with Gasteiger partial charge in [-0.3, -0.25) is 4.79 Å². The van der Waals surface area contributed by atoms with Crippen molar-refractivity contribution in [3.63, 3.8) is 0 Å². The molecule has 154 valence electrons. The topological polar surface area (TPSA) is 58.6 Å². The van der Waals surface area contributed by atoms with Gasteiger partial charge in [-0.2, -0.15) is 13.2 Å². The monoisotopic (exact) mass is 398 g/mol. The lowest BCUT2D eigenvalue weighted by atomic mass is 9.78. The standard InChI is InChI=1S/C20H25F3N2O3/c1-28-19(27)24-17-10-16(11-17)18(26)25-7-5-14(6-8-25)15-4-2-3-13(9-15)12-20(21,22)23/h2-4,9,14,16-17H,5-8,10-12H2,1H3,(H,24,27). The van der Waals surface area contributed by atoms with E-state index in [0.29, 0.717) is 25.9 Å². The first-order valence-electron chi connectivity index (χ1n) is 9.54. The number of hydrogen-bond acceptors (Lipinski definition) is 3. The van der Waals surface area contributed by atoms with E-state index >= 15 is 0 Å². The number of carbonyl (C=O) groups excluding carboxylic acids is 2. The summed E-state index contributed by atoms with van der Waals surface area (Å²) in [6, 6.07) is 6.68. The molecule has 0 bridgehead atoms. The molecule has 2 aliphatic rings. The van der Waals surface area contributed by atoms with Crippen molar-refractivity contribution in [1.29, 1.82) is 0 Å². The maximum Gasteiger partial charge on any atom is 0.407 e. The van der Waals surface area contributed by atoms with Gasteiger partial charge >= 0.3 is 12.3 Å². The predicted octanol–water partition coefficient (Wildman–Crippen LogP) is 3.63. The summed E-state index contributed by atoms with van der Waals surface area (Å²) in [6.07, 6.45) is -2.88. The zero-order valence-corrected chi connectivity index (χ0v) is 15.8. The fourth-order valence-electron chi connectivity index (χ4n) is 4.04. The van der Waals surface area contributed by atoms with Gasteiger partial charge in [0.15, 0.2) is 0 Å². The van der Waals surface area contributed by atoms with Crippen LogP contribution >= 0.6 is 0 Å². The Hall–Kier alpha value is -2.25. The van der Waals surface area contributed by atoms with Crippen LogP contribution in [0.1, 0.15) is 42.7 Å². The molecule has 1 aliphatic carbocycles. The summed E-state index contributed by atoms with van der Waals surface area (Å²) in [7, 11) is 1.31. The van der Waals surface area contributed by atoms with Gasteiger partial charge < -0.3 is 15.0 Å². The Morgan fingerprint density at radius 1 is 1.21 bits per heavy atom. The molecule has 1 aromatic rings. The largest absolute Gasteiger partial charge is 0.453 e. The van der Waals surface area contributed by atoms with Gasteiger partial charge in [0.1, 0.15) is 0 Å². The van der Waals surface area contributed by atoms with Crippen LogP contribution in [0, 0.1) is 5.92 Å². The lowest BCUT2D eigenvalue weighted by Gasteiger charge is -2.40. The van der Waals surface area contributed by atoms with Gasteiger partial charge in [-0.25, -0.2) is 4.79 Å². The highest BCUT2D eigenvalue weighted by Crippen LogP contribution is 2.34. The van der Waals surface area contributed by atoms with Crippen molar-refractivity contribution < 1.29 is 27.5 Å². The van der Waals surface area contributed by atoms with E-state index in [0.717, 1.165) is 18.4 Å². The van der Waals surface area contributed by atoms with Crippen molar-refractivity contribution in [2.45, 2.75) is 50.2 Å². The summed E-state index contributed by atoms with van der Waals surface area (Å²) in [4.78, 5) is 25.6. The van der Waals surface area contributed by atoms with Crippen LogP contribution in [0.25, 0.3) is 0 Å². The Morgan fingerprint density at radius 3 is 2.50 bits per heavy atom. The fraction of sp³-hybridized carbons (Fsp3) is 0.600. The minimum absolute atomic E-state index is 0.0182. The average molecular weight is 398 g/mol. The van der Waals surface area contributed by atoms with E-state index in [-0.39, 0.29) is 29.3 Å². The number of alkyl carbamates (subject to hydrolysis) is 1. The number of benzene rings is 1. The average Bonchev–Trinajstić information content (AvgIpc) is 2.62. The minimum Gasteiger partial charge on any atom is -0.453 e. The fourth-order valence-corrected chi connectivity index (χ4v) is 4.04. The van der Waals surface area contributed by atoms with Gasteiger partial charge in [-0.15, -0.1) is 0 Å². The summed E-state index contributed by atoms with van der Waals surface area (Å²) in [5, 5.41) is 2.69. The number of likely N-dealkylation sites (tertiary alicyclic amines) is 1. The van der Waals surface area contributed by atoms with Crippen molar-refractivity contribution in [3.05, 3.63) is 35.4 Å². The summed E-state index contributed by atoms with van der Waals surface area (Å²) >= 11 is 0. The second-order valence-electron chi connectivity index (χ2n) is 7.64. The number of methoxy groups -OCH3 is 1. The number of rotatable bonds is 4. The number of ether oxygens (including phenoxy) is 1. The van der Waals surface area contributed by atoms with Crippen LogP contribution in [0.15, 0.2) is 24.3 Å². The molecule has 0 aromatic heterocycles. The number of alkyl halides is 3. The zero-order chi connectivity index (χ0) is 20.3. The van der Waals surface area contributed by atoms with Crippen LogP contribution in [0.2, 0.25) is 0 Å². The second kappa shape index (κ2) is 8.41. The number of hydrogen-bond donors (Lipinski definition) is 1. The Bertz CT molecular complexity index is 709. The normalized spacial score (nSPS) is 23.1. The van der Waals surface area contributed by atoms with Gasteiger partial charge in [-0.1, -0.05) is 24.3 Å². The second-order valence-corrected chi connectivity index (χ2v) is 7.64. The van der Waals surface area contributed by atoms with Gasteiger partial charge in [-0.05, 0) is 42.7 Å². The van der Waals surface area contributed by atoms with Crippen molar-refractivity contribution in [2.75, 3.05) is 20.2 Å². The molecule has 2 fully saturated rings. The molecule has 28 heavy (non-hydrogen) atoms. The third-order valence-electron chi connectivity index (χ3n) is 5.63. The molecule has 1 saturated carbocycles. The molecule has 1 heterocycles. The van der Waals surface area contributed by atoms with Crippen LogP contribution in [-0.4, -0.2) is 49.3 Å². The molecular formula is C20H25F3N2O3. The molecular weight excluding hydrogens is 373 g/mol. The first-order chi connectivity index (χ1) is 13.2. The maximum absolute atomic E-state index is 12.6. The SMILES string of the molecule is COC(=O)NC1CC(C(=O)N2CCC(c3cccc(CC(F)(F)F)c3)CC2)C1. The van der Waals surface area contributed by atoms with Crippen molar-refractivity contribution in [3.8, 4) is 0 Å². The van der Waals surface area contributed by atoms with E-state index in [9.17, 15) is 22.8 Å². The van der Waals surface area contributed by atoms with E-state index in [1.807, 2.05) is 11.0 Å². The predicted molar refractivity (Wildman–Crippen MR) is 96.8 cm³/mol. The molecule has 3 rings (SSSR count). The Kier molecular flexibility index (Phi) is 6.15. The molecule has 0 spiro atoms.